The second-order valence-corrected chi connectivity index (χ2v) is 7.34. The smallest absolute Gasteiger partial charge is 0.139 e. The van der Waals surface area contributed by atoms with Crippen LogP contribution in [0.3, 0.4) is 0 Å². The van der Waals surface area contributed by atoms with Crippen LogP contribution in [0, 0.1) is 35.1 Å². The molecule has 0 aliphatic rings. The molecule has 0 radical (unpaired) electrons. The van der Waals surface area contributed by atoms with E-state index in [1.54, 1.807) is 30.3 Å². The molecule has 0 aliphatic heterocycles. The van der Waals surface area contributed by atoms with Crippen molar-refractivity contribution in [3.8, 4) is 17.6 Å². The van der Waals surface area contributed by atoms with Gasteiger partial charge in [-0.05, 0) is 65.6 Å². The Morgan fingerprint density at radius 2 is 1.41 bits per heavy atom. The van der Waals surface area contributed by atoms with Gasteiger partial charge < -0.3 is 4.74 Å². The van der Waals surface area contributed by atoms with Crippen molar-refractivity contribution in [1.29, 1.82) is 0 Å². The van der Waals surface area contributed by atoms with Gasteiger partial charge in [0.05, 0.1) is 12.7 Å². The molecule has 0 heterocycles. The van der Waals surface area contributed by atoms with Crippen LogP contribution in [0.15, 0.2) is 66.7 Å². The Labute approximate surface area is 183 Å². The topological polar surface area (TPSA) is 9.23 Å². The van der Waals surface area contributed by atoms with Crippen LogP contribution in [0.1, 0.15) is 22.3 Å². The van der Waals surface area contributed by atoms with Gasteiger partial charge in [-0.25, -0.2) is 17.6 Å². The van der Waals surface area contributed by atoms with Crippen molar-refractivity contribution in [2.45, 2.75) is 12.8 Å². The van der Waals surface area contributed by atoms with E-state index in [1.807, 2.05) is 6.07 Å². The average Bonchev–Trinajstić information content (AvgIpc) is 2.77. The van der Waals surface area contributed by atoms with E-state index in [0.29, 0.717) is 11.1 Å². The molecule has 32 heavy (non-hydrogen) atoms. The first kappa shape index (κ1) is 21.5. The second kappa shape index (κ2) is 9.15. The van der Waals surface area contributed by atoms with Crippen molar-refractivity contribution < 1.29 is 22.3 Å². The van der Waals surface area contributed by atoms with Gasteiger partial charge in [-0.2, -0.15) is 0 Å². The number of hydrogen-bond acceptors (Lipinski definition) is 1. The van der Waals surface area contributed by atoms with Crippen molar-refractivity contribution in [3.05, 3.63) is 112 Å². The third kappa shape index (κ3) is 4.76. The molecule has 160 valence electrons. The van der Waals surface area contributed by atoms with Crippen molar-refractivity contribution in [1.82, 2.24) is 0 Å². The summed E-state index contributed by atoms with van der Waals surface area (Å²) in [6, 6.07) is 16.6. The van der Waals surface area contributed by atoms with E-state index < -0.39 is 17.5 Å². The molecule has 0 N–H and O–H groups in total. The third-order valence-electron chi connectivity index (χ3n) is 5.19. The number of methoxy groups -OCH3 is 1. The van der Waals surface area contributed by atoms with Crippen LogP contribution in [-0.4, -0.2) is 7.11 Å². The molecule has 4 aromatic carbocycles. The molecule has 0 saturated carbocycles. The molecule has 4 aromatic rings. The number of ether oxygens (including phenoxy) is 1. The Kier molecular flexibility index (Phi) is 6.13. The molecule has 0 amide bonds. The Bertz CT molecular complexity index is 1340. The zero-order chi connectivity index (χ0) is 22.7. The normalized spacial score (nSPS) is 10.7. The van der Waals surface area contributed by atoms with Crippen molar-refractivity contribution >= 4 is 10.8 Å². The minimum Gasteiger partial charge on any atom is -0.497 e. The van der Waals surface area contributed by atoms with Crippen molar-refractivity contribution in [2.75, 3.05) is 7.11 Å². The standard InChI is InChI=1S/C27H18F4O/c1-32-23-15-26(30)24(27(31)16-23)11-5-18-3-7-19(25(29)13-18)6-2-17-4-8-21-14-22(28)10-9-20(21)12-17/h3-4,7-10,12-16H,5,11H2,1H3. The average molecular weight is 434 g/mol. The molecular weight excluding hydrogens is 416 g/mol. The number of fused-ring (bicyclic) bond motifs is 1. The van der Waals surface area contributed by atoms with E-state index in [4.69, 9.17) is 4.74 Å². The van der Waals surface area contributed by atoms with Gasteiger partial charge in [0, 0.05) is 23.3 Å². The quantitative estimate of drug-likeness (QED) is 0.260. The van der Waals surface area contributed by atoms with Crippen LogP contribution < -0.4 is 4.74 Å². The lowest BCUT2D eigenvalue weighted by Crippen LogP contribution is -2.01. The number of benzene rings is 4. The van der Waals surface area contributed by atoms with Gasteiger partial charge in [-0.15, -0.1) is 0 Å². The third-order valence-corrected chi connectivity index (χ3v) is 5.19. The maximum absolute atomic E-state index is 14.5. The van der Waals surface area contributed by atoms with Gasteiger partial charge in [-0.3, -0.25) is 0 Å². The summed E-state index contributed by atoms with van der Waals surface area (Å²) >= 11 is 0. The van der Waals surface area contributed by atoms with Crippen LogP contribution in [0.2, 0.25) is 0 Å². The van der Waals surface area contributed by atoms with Crippen LogP contribution in [0.5, 0.6) is 5.75 Å². The lowest BCUT2D eigenvalue weighted by Gasteiger charge is -2.08. The van der Waals surface area contributed by atoms with Crippen molar-refractivity contribution in [2.24, 2.45) is 0 Å². The molecule has 0 saturated heterocycles. The summed E-state index contributed by atoms with van der Waals surface area (Å²) in [4.78, 5) is 0. The maximum atomic E-state index is 14.5. The SMILES string of the molecule is COc1cc(F)c(CCc2ccc(C#Cc3ccc4cc(F)ccc4c3)c(F)c2)c(F)c1. The Morgan fingerprint density at radius 3 is 2.12 bits per heavy atom. The monoisotopic (exact) mass is 434 g/mol. The van der Waals surface area contributed by atoms with Crippen LogP contribution in [0.25, 0.3) is 10.8 Å². The molecule has 0 unspecified atom stereocenters. The van der Waals surface area contributed by atoms with Crippen LogP contribution in [0.4, 0.5) is 17.6 Å². The highest BCUT2D eigenvalue weighted by Gasteiger charge is 2.12. The molecule has 0 bridgehead atoms. The van der Waals surface area contributed by atoms with Gasteiger partial charge in [0.2, 0.25) is 0 Å². The van der Waals surface area contributed by atoms with Gasteiger partial charge in [0.15, 0.2) is 0 Å². The van der Waals surface area contributed by atoms with E-state index in [1.165, 1.54) is 25.3 Å². The fraction of sp³-hybridized carbons (Fsp3) is 0.111. The fourth-order valence-electron chi connectivity index (χ4n) is 3.46. The summed E-state index contributed by atoms with van der Waals surface area (Å²) in [6.45, 7) is 0. The van der Waals surface area contributed by atoms with E-state index in [9.17, 15) is 17.6 Å². The molecule has 0 aromatic heterocycles. The summed E-state index contributed by atoms with van der Waals surface area (Å²) < 4.78 is 60.8. The van der Waals surface area contributed by atoms with Gasteiger partial charge >= 0.3 is 0 Å². The molecule has 5 heteroatoms. The van der Waals surface area contributed by atoms with Crippen LogP contribution >= 0.6 is 0 Å². The molecule has 0 aliphatic carbocycles. The number of hydrogen-bond donors (Lipinski definition) is 0. The summed E-state index contributed by atoms with van der Waals surface area (Å²) in [6.07, 6.45) is 0.357. The largest absolute Gasteiger partial charge is 0.497 e. The molecule has 1 nitrogen and oxygen atoms in total. The molecule has 0 spiro atoms. The molecule has 0 atom stereocenters. The number of aryl methyl sites for hydroxylation is 1. The summed E-state index contributed by atoms with van der Waals surface area (Å²) in [5, 5.41) is 1.60. The zero-order valence-electron chi connectivity index (χ0n) is 17.2. The van der Waals surface area contributed by atoms with Crippen LogP contribution in [-0.2, 0) is 12.8 Å². The zero-order valence-corrected chi connectivity index (χ0v) is 17.2. The predicted octanol–water partition coefficient (Wildman–Crippen LogP) is 6.59. The van der Waals surface area contributed by atoms with Crippen molar-refractivity contribution in [3.63, 3.8) is 0 Å². The predicted molar refractivity (Wildman–Crippen MR) is 117 cm³/mol. The molecule has 4 rings (SSSR count). The fourth-order valence-corrected chi connectivity index (χ4v) is 3.46. The summed E-state index contributed by atoms with van der Waals surface area (Å²) in [5.74, 6) is 3.63. The maximum Gasteiger partial charge on any atom is 0.139 e. The Balaban J connectivity index is 1.49. The van der Waals surface area contributed by atoms with Gasteiger partial charge in [0.1, 0.15) is 29.0 Å². The second-order valence-electron chi connectivity index (χ2n) is 7.34. The Morgan fingerprint density at radius 1 is 0.688 bits per heavy atom. The van der Waals surface area contributed by atoms with E-state index in [-0.39, 0.29) is 35.5 Å². The summed E-state index contributed by atoms with van der Waals surface area (Å²) in [7, 11) is 1.34. The highest BCUT2D eigenvalue weighted by Crippen LogP contribution is 2.22. The first-order valence-corrected chi connectivity index (χ1v) is 9.94. The van der Waals surface area contributed by atoms with Gasteiger partial charge in [0.25, 0.3) is 0 Å². The minimum absolute atomic E-state index is 0.0636. The van der Waals surface area contributed by atoms with E-state index >= 15 is 0 Å². The number of halogens is 4. The first-order chi connectivity index (χ1) is 15.4. The lowest BCUT2D eigenvalue weighted by molar-refractivity contribution is 0.405. The van der Waals surface area contributed by atoms with E-state index in [0.717, 1.165) is 22.9 Å². The van der Waals surface area contributed by atoms with E-state index in [2.05, 4.69) is 11.8 Å². The number of rotatable bonds is 4. The lowest BCUT2D eigenvalue weighted by atomic mass is 10.0. The Hall–Kier alpha value is -3.78. The highest BCUT2D eigenvalue weighted by atomic mass is 19.1. The highest BCUT2D eigenvalue weighted by molar-refractivity contribution is 5.84. The first-order valence-electron chi connectivity index (χ1n) is 9.94. The summed E-state index contributed by atoms with van der Waals surface area (Å²) in [5.41, 5.74) is 1.44. The molecule has 0 fully saturated rings. The minimum atomic E-state index is -0.692. The molecular formula is C27H18F4O. The van der Waals surface area contributed by atoms with Gasteiger partial charge in [-0.1, -0.05) is 30.0 Å².